The molecule has 7 heteroatoms. The van der Waals surface area contributed by atoms with Gasteiger partial charge in [-0.05, 0) is 35.1 Å². The van der Waals surface area contributed by atoms with Crippen LogP contribution in [0.4, 0.5) is 5.13 Å². The predicted molar refractivity (Wildman–Crippen MR) is 145 cm³/mol. The van der Waals surface area contributed by atoms with E-state index >= 15 is 0 Å². The first-order valence-electron chi connectivity index (χ1n) is 12.6. The van der Waals surface area contributed by atoms with Gasteiger partial charge < -0.3 is 14.2 Å². The molecule has 183 valence electrons. The molecule has 0 spiro atoms. The van der Waals surface area contributed by atoms with Crippen molar-refractivity contribution >= 4 is 41.8 Å². The highest BCUT2D eigenvalue weighted by Gasteiger charge is 2.48. The Hall–Kier alpha value is -2.48. The lowest BCUT2D eigenvalue weighted by atomic mass is 9.74. The second-order valence-electron chi connectivity index (χ2n) is 10.6. The molecule has 0 aliphatic carbocycles. The van der Waals surface area contributed by atoms with Gasteiger partial charge in [0.15, 0.2) is 5.13 Å². The first-order valence-corrected chi connectivity index (χ1v) is 14.9. The molecule has 0 bridgehead atoms. The van der Waals surface area contributed by atoms with Crippen molar-refractivity contribution in [3.05, 3.63) is 71.7 Å². The van der Waals surface area contributed by atoms with Crippen LogP contribution in [0.1, 0.15) is 50.5 Å². The summed E-state index contributed by atoms with van der Waals surface area (Å²) >= 11 is 1.56. The van der Waals surface area contributed by atoms with Crippen molar-refractivity contribution in [3.8, 4) is 0 Å². The molecular weight excluding hydrogens is 470 g/mol. The Bertz CT molecular complexity index is 1090. The molecular formula is C28H34N3O2SSi. The van der Waals surface area contributed by atoms with Gasteiger partial charge in [0.05, 0.1) is 0 Å². The minimum Gasteiger partial charge on any atom is -0.387 e. The maximum Gasteiger partial charge on any atom is 0.285 e. The molecule has 1 amide bonds. The molecule has 1 radical (unpaired) electrons. The van der Waals surface area contributed by atoms with Crippen LogP contribution in [0.25, 0.3) is 0 Å². The van der Waals surface area contributed by atoms with Crippen LogP contribution in [0, 0.1) is 11.3 Å². The molecule has 2 unspecified atom stereocenters. The van der Waals surface area contributed by atoms with E-state index in [0.29, 0.717) is 11.6 Å². The smallest absolute Gasteiger partial charge is 0.285 e. The van der Waals surface area contributed by atoms with Gasteiger partial charge in [0.25, 0.3) is 14.9 Å². The summed E-state index contributed by atoms with van der Waals surface area (Å²) < 4.78 is 7.05. The third kappa shape index (κ3) is 5.22. The van der Waals surface area contributed by atoms with Crippen molar-refractivity contribution in [2.24, 2.45) is 11.3 Å². The second kappa shape index (κ2) is 10.2. The van der Waals surface area contributed by atoms with Gasteiger partial charge in [-0.15, -0.1) is 11.3 Å². The average molecular weight is 505 g/mol. The van der Waals surface area contributed by atoms with Crippen molar-refractivity contribution in [3.63, 3.8) is 0 Å². The SMILES string of the molecule is CC(C)(C)C1CN(c2nc(C(=O)N3CCCCC3)cs2)C1O[Si](c1ccccc1)c1ccccc1. The van der Waals surface area contributed by atoms with Gasteiger partial charge in [0.2, 0.25) is 0 Å². The number of thiazole rings is 1. The van der Waals surface area contributed by atoms with Gasteiger partial charge in [0.1, 0.15) is 11.9 Å². The number of amides is 1. The molecule has 2 aromatic carbocycles. The lowest BCUT2D eigenvalue weighted by Gasteiger charge is -2.53. The zero-order valence-corrected chi connectivity index (χ0v) is 22.6. The summed E-state index contributed by atoms with van der Waals surface area (Å²) in [6.07, 6.45) is 3.30. The van der Waals surface area contributed by atoms with E-state index in [1.807, 2.05) is 10.3 Å². The zero-order chi connectivity index (χ0) is 24.4. The fraction of sp³-hybridized carbons (Fsp3) is 0.429. The summed E-state index contributed by atoms with van der Waals surface area (Å²) in [6, 6.07) is 21.2. The number of benzene rings is 2. The molecule has 5 rings (SSSR count). The molecule has 2 aliphatic rings. The van der Waals surface area contributed by atoms with Gasteiger partial charge in [-0.2, -0.15) is 0 Å². The number of carbonyl (C=O) groups excluding carboxylic acids is 1. The van der Waals surface area contributed by atoms with Crippen molar-refractivity contribution in [1.82, 2.24) is 9.88 Å². The van der Waals surface area contributed by atoms with Gasteiger partial charge in [0, 0.05) is 30.9 Å². The van der Waals surface area contributed by atoms with Crippen LogP contribution >= 0.6 is 11.3 Å². The van der Waals surface area contributed by atoms with Crippen molar-refractivity contribution in [2.75, 3.05) is 24.5 Å². The number of rotatable bonds is 6. The van der Waals surface area contributed by atoms with Gasteiger partial charge in [-0.1, -0.05) is 81.4 Å². The summed E-state index contributed by atoms with van der Waals surface area (Å²) in [6.45, 7) is 9.43. The van der Waals surface area contributed by atoms with Gasteiger partial charge in [-0.25, -0.2) is 4.98 Å². The summed E-state index contributed by atoms with van der Waals surface area (Å²) in [5.74, 6) is 0.441. The number of aromatic nitrogens is 1. The van der Waals surface area contributed by atoms with Crippen LogP contribution in [0.15, 0.2) is 66.0 Å². The summed E-state index contributed by atoms with van der Waals surface area (Å²) in [4.78, 5) is 22.1. The van der Waals surface area contributed by atoms with Crippen LogP contribution in [-0.2, 0) is 4.43 Å². The van der Waals surface area contributed by atoms with Gasteiger partial charge in [-0.3, -0.25) is 4.79 Å². The Morgan fingerprint density at radius 3 is 2.14 bits per heavy atom. The van der Waals surface area contributed by atoms with Crippen LogP contribution < -0.4 is 15.3 Å². The second-order valence-corrected chi connectivity index (χ2v) is 13.4. The number of hydrogen-bond donors (Lipinski definition) is 0. The first-order chi connectivity index (χ1) is 16.9. The number of likely N-dealkylation sites (tertiary alicyclic amines) is 1. The third-order valence-corrected chi connectivity index (χ3v) is 10.1. The number of nitrogens with zero attached hydrogens (tertiary/aromatic N) is 3. The lowest BCUT2D eigenvalue weighted by Crippen LogP contribution is -2.65. The van der Waals surface area contributed by atoms with E-state index in [1.165, 1.54) is 16.8 Å². The molecule has 3 heterocycles. The van der Waals surface area contributed by atoms with E-state index in [-0.39, 0.29) is 17.6 Å². The van der Waals surface area contributed by atoms with Crippen LogP contribution in [-0.4, -0.2) is 50.7 Å². The number of carbonyl (C=O) groups is 1. The molecule has 1 aromatic heterocycles. The Morgan fingerprint density at radius 2 is 1.57 bits per heavy atom. The predicted octanol–water partition coefficient (Wildman–Crippen LogP) is 4.40. The standard InChI is InChI=1S/C28H34N3O2SSi/c1-28(2,3)23-19-31(27-29-24(20-34-27)25(32)30-17-11-6-12-18-30)26(23)33-35(21-13-7-4-8-14-21)22-15-9-5-10-16-22/h4-5,7-10,13-16,20,23,26H,6,11-12,17-19H2,1-3H3. The third-order valence-electron chi connectivity index (χ3n) is 7.07. The largest absolute Gasteiger partial charge is 0.387 e. The van der Waals surface area contributed by atoms with Crippen molar-refractivity contribution in [2.45, 2.75) is 46.3 Å². The molecule has 5 nitrogen and oxygen atoms in total. The molecule has 35 heavy (non-hydrogen) atoms. The maximum atomic E-state index is 13.0. The fourth-order valence-electron chi connectivity index (χ4n) is 4.88. The highest BCUT2D eigenvalue weighted by molar-refractivity contribution is 7.14. The molecule has 2 saturated heterocycles. The monoisotopic (exact) mass is 504 g/mol. The van der Waals surface area contributed by atoms with E-state index in [1.54, 1.807) is 11.3 Å². The summed E-state index contributed by atoms with van der Waals surface area (Å²) in [5.41, 5.74) is 0.673. The summed E-state index contributed by atoms with van der Waals surface area (Å²) in [5, 5.41) is 5.29. The van der Waals surface area contributed by atoms with E-state index in [4.69, 9.17) is 9.41 Å². The molecule has 0 saturated carbocycles. The van der Waals surface area contributed by atoms with E-state index < -0.39 is 9.04 Å². The molecule has 0 N–H and O–H groups in total. The number of piperidine rings is 1. The van der Waals surface area contributed by atoms with Crippen LogP contribution in [0.2, 0.25) is 0 Å². The Labute approximate surface area is 214 Å². The molecule has 2 fully saturated rings. The molecule has 2 atom stereocenters. The average Bonchev–Trinajstić information content (AvgIpc) is 3.33. The highest BCUT2D eigenvalue weighted by Crippen LogP contribution is 2.43. The highest BCUT2D eigenvalue weighted by atomic mass is 32.1. The minimum atomic E-state index is -1.46. The lowest BCUT2D eigenvalue weighted by molar-refractivity contribution is 0.00493. The number of hydrogen-bond acceptors (Lipinski definition) is 5. The Kier molecular flexibility index (Phi) is 7.09. The molecule has 2 aliphatic heterocycles. The minimum absolute atomic E-state index is 0.0656. The van der Waals surface area contributed by atoms with Crippen molar-refractivity contribution < 1.29 is 9.22 Å². The summed E-state index contributed by atoms with van der Waals surface area (Å²) in [7, 11) is -1.46. The van der Waals surface area contributed by atoms with Crippen molar-refractivity contribution in [1.29, 1.82) is 0 Å². The van der Waals surface area contributed by atoms with E-state index in [0.717, 1.165) is 37.6 Å². The zero-order valence-electron chi connectivity index (χ0n) is 20.8. The van der Waals surface area contributed by atoms with E-state index in [9.17, 15) is 4.79 Å². The van der Waals surface area contributed by atoms with E-state index in [2.05, 4.69) is 86.3 Å². The van der Waals surface area contributed by atoms with Crippen LogP contribution in [0.3, 0.4) is 0 Å². The normalized spacial score (nSPS) is 20.7. The topological polar surface area (TPSA) is 45.7 Å². The Morgan fingerprint density at radius 1 is 0.971 bits per heavy atom. The quantitative estimate of drug-likeness (QED) is 0.467. The molecule has 3 aromatic rings. The number of anilines is 1. The van der Waals surface area contributed by atoms with Crippen LogP contribution in [0.5, 0.6) is 0 Å². The van der Waals surface area contributed by atoms with Gasteiger partial charge >= 0.3 is 0 Å². The Balaban J connectivity index is 1.41. The maximum absolute atomic E-state index is 13.0. The first kappa shape index (κ1) is 24.2. The fourth-order valence-corrected chi connectivity index (χ4v) is 7.84.